The van der Waals surface area contributed by atoms with E-state index in [2.05, 4.69) is 12.1 Å². The first kappa shape index (κ1) is 23.3. The van der Waals surface area contributed by atoms with Crippen molar-refractivity contribution in [1.29, 1.82) is 0 Å². The van der Waals surface area contributed by atoms with Gasteiger partial charge in [-0.1, -0.05) is 90.2 Å². The minimum absolute atomic E-state index is 0. The molecule has 3 heteroatoms. The Labute approximate surface area is 188 Å². The van der Waals surface area contributed by atoms with Crippen molar-refractivity contribution in [2.45, 2.75) is 19.8 Å². The van der Waals surface area contributed by atoms with Crippen LogP contribution in [0.2, 0.25) is 0 Å². The zero-order valence-corrected chi connectivity index (χ0v) is 18.0. The predicted octanol–water partition coefficient (Wildman–Crippen LogP) is 6.03. The van der Waals surface area contributed by atoms with Gasteiger partial charge in [0, 0.05) is 17.1 Å². The molecule has 0 aromatic heterocycles. The predicted molar refractivity (Wildman–Crippen MR) is 118 cm³/mol. The van der Waals surface area contributed by atoms with Crippen LogP contribution in [0.5, 0.6) is 0 Å². The van der Waals surface area contributed by atoms with Crippen LogP contribution >= 0.6 is 0 Å². The second kappa shape index (κ2) is 11.9. The van der Waals surface area contributed by atoms with Gasteiger partial charge in [0.1, 0.15) is 5.78 Å². The Morgan fingerprint density at radius 3 is 1.90 bits per heavy atom. The Bertz CT molecular complexity index is 1030. The molecule has 158 valence electrons. The van der Waals surface area contributed by atoms with Crippen molar-refractivity contribution in [3.63, 3.8) is 0 Å². The fraction of sp³-hybridized carbons (Fsp3) is 0.111. The van der Waals surface area contributed by atoms with Gasteiger partial charge in [0.2, 0.25) is 0 Å². The average molecular weight is 436 g/mol. The normalized spacial score (nSPS) is 9.77. The van der Waals surface area contributed by atoms with Crippen LogP contribution < -0.4 is 0 Å². The molecular formula is C27H24FeO2-6. The quantitative estimate of drug-likeness (QED) is 0.210. The van der Waals surface area contributed by atoms with Crippen LogP contribution in [0.3, 0.4) is 0 Å². The number of hydrogen-bond donors (Lipinski definition) is 0. The largest absolute Gasteiger partial charge is 0.718 e. The third-order valence-electron chi connectivity index (χ3n) is 4.67. The molecule has 0 radical (unpaired) electrons. The van der Waals surface area contributed by atoms with E-state index in [0.717, 1.165) is 23.1 Å². The summed E-state index contributed by atoms with van der Waals surface area (Å²) < 4.78 is 0. The second-order valence-corrected chi connectivity index (χ2v) is 6.99. The van der Waals surface area contributed by atoms with E-state index in [1.807, 2.05) is 91.0 Å². The molecule has 30 heavy (non-hydrogen) atoms. The first-order chi connectivity index (χ1) is 14.1. The van der Waals surface area contributed by atoms with Gasteiger partial charge >= 0.3 is 0 Å². The van der Waals surface area contributed by atoms with Gasteiger partial charge in [-0.25, -0.2) is 6.07 Å². The van der Waals surface area contributed by atoms with Crippen molar-refractivity contribution in [2.75, 3.05) is 0 Å². The number of hydrogen-bond acceptors (Lipinski definition) is 2. The maximum Gasteiger partial charge on any atom is 0.105 e. The summed E-state index contributed by atoms with van der Waals surface area (Å²) in [5.74, 6) is 0.315. The molecule has 0 atom stereocenters. The molecule has 0 heterocycles. The number of benzene rings is 2. The van der Waals surface area contributed by atoms with Crippen LogP contribution in [0.1, 0.15) is 44.3 Å². The molecule has 0 aliphatic carbocycles. The zero-order chi connectivity index (χ0) is 20.5. The van der Waals surface area contributed by atoms with Crippen LogP contribution in [0.25, 0.3) is 0 Å². The monoisotopic (exact) mass is 436 g/mol. The summed E-state index contributed by atoms with van der Waals surface area (Å²) >= 11 is 0. The Kier molecular flexibility index (Phi) is 9.21. The third-order valence-corrected chi connectivity index (χ3v) is 4.67. The van der Waals surface area contributed by atoms with Crippen LogP contribution in [-0.2, 0) is 29.9 Å². The van der Waals surface area contributed by atoms with E-state index in [1.54, 1.807) is 6.92 Å². The van der Waals surface area contributed by atoms with Gasteiger partial charge in [-0.2, -0.15) is 17.7 Å². The molecule has 0 N–H and O–H groups in total. The topological polar surface area (TPSA) is 34.1 Å². The number of ketones is 2. The minimum atomic E-state index is 0. The standard InChI is InChI=1S/C14H13O.C13H11O.Fe/c1-11(15)14-8-7-13(10-14)9-12-5-3-2-4-6-12;14-13(12-8-4-5-9-12)10-11-6-2-1-3-7-11;/h2-8,10H,9H2,1H3;1-9H,10H2;/q-1;-5;. The van der Waals surface area contributed by atoms with Gasteiger partial charge < -0.3 is 39.4 Å². The van der Waals surface area contributed by atoms with E-state index in [-0.39, 0.29) is 28.6 Å². The van der Waals surface area contributed by atoms with E-state index < -0.39 is 0 Å². The van der Waals surface area contributed by atoms with E-state index in [1.165, 1.54) is 11.1 Å². The molecular weight excluding hydrogens is 412 g/mol. The van der Waals surface area contributed by atoms with Gasteiger partial charge in [0.15, 0.2) is 0 Å². The fourth-order valence-corrected chi connectivity index (χ4v) is 3.10. The van der Waals surface area contributed by atoms with Crippen molar-refractivity contribution in [3.05, 3.63) is 131 Å². The summed E-state index contributed by atoms with van der Waals surface area (Å²) in [4.78, 5) is 22.8. The molecule has 0 saturated carbocycles. The summed E-state index contributed by atoms with van der Waals surface area (Å²) in [6, 6.07) is 33.4. The molecule has 0 fully saturated rings. The van der Waals surface area contributed by atoms with Gasteiger partial charge in [-0.3, -0.25) is 5.78 Å². The Morgan fingerprint density at radius 1 is 0.800 bits per heavy atom. The molecule has 0 spiro atoms. The zero-order valence-electron chi connectivity index (χ0n) is 16.9. The van der Waals surface area contributed by atoms with Crippen molar-refractivity contribution >= 4 is 11.6 Å². The number of carbonyl (C=O) groups is 2. The summed E-state index contributed by atoms with van der Waals surface area (Å²) in [6.45, 7) is 1.60. The molecule has 0 saturated heterocycles. The molecule has 0 amide bonds. The van der Waals surface area contributed by atoms with Crippen molar-refractivity contribution in [1.82, 2.24) is 0 Å². The fourth-order valence-electron chi connectivity index (χ4n) is 3.10. The first-order valence-electron chi connectivity index (χ1n) is 9.71. The molecule has 4 aromatic rings. The van der Waals surface area contributed by atoms with Crippen LogP contribution in [0.15, 0.2) is 103 Å². The summed E-state index contributed by atoms with van der Waals surface area (Å²) in [5, 5.41) is 0. The minimum Gasteiger partial charge on any atom is -0.718 e. The summed E-state index contributed by atoms with van der Waals surface area (Å²) in [7, 11) is 0. The van der Waals surface area contributed by atoms with Crippen molar-refractivity contribution < 1.29 is 26.7 Å². The molecule has 4 rings (SSSR count). The van der Waals surface area contributed by atoms with E-state index in [4.69, 9.17) is 0 Å². The smallest absolute Gasteiger partial charge is 0.105 e. The van der Waals surface area contributed by atoms with Crippen molar-refractivity contribution in [2.24, 2.45) is 0 Å². The van der Waals surface area contributed by atoms with E-state index in [0.29, 0.717) is 6.42 Å². The van der Waals surface area contributed by atoms with Crippen LogP contribution in [0, 0.1) is 0 Å². The molecule has 0 unspecified atom stereocenters. The SMILES string of the molecule is CC(=O)[c-]1ccc(Cc2ccccc2)c1.O=C(Cc1ccccc1)[c-]1[cH-][cH-][cH-][cH-]1.[Fe]. The molecule has 0 bridgehead atoms. The molecule has 4 aromatic carbocycles. The maximum absolute atomic E-state index is 11.7. The Balaban J connectivity index is 0.000000207. The summed E-state index contributed by atoms with van der Waals surface area (Å²) in [5.41, 5.74) is 5.15. The van der Waals surface area contributed by atoms with Gasteiger partial charge in [0.05, 0.1) is 0 Å². The van der Waals surface area contributed by atoms with E-state index in [9.17, 15) is 9.59 Å². The first-order valence-corrected chi connectivity index (χ1v) is 9.71. The number of carbonyl (C=O) groups excluding carboxylic acids is 2. The number of Topliss-reactive ketones (excluding diaryl/α,β-unsaturated/α-hetero) is 2. The van der Waals surface area contributed by atoms with Gasteiger partial charge in [0.25, 0.3) is 0 Å². The number of rotatable bonds is 6. The van der Waals surface area contributed by atoms with Gasteiger partial charge in [-0.05, 0) is 6.92 Å². The molecule has 0 aliphatic heterocycles. The van der Waals surface area contributed by atoms with Crippen LogP contribution in [0.4, 0.5) is 0 Å². The Hall–Kier alpha value is -3.00. The van der Waals surface area contributed by atoms with Crippen molar-refractivity contribution in [3.8, 4) is 0 Å². The van der Waals surface area contributed by atoms with Gasteiger partial charge in [-0.15, -0.1) is 0 Å². The van der Waals surface area contributed by atoms with Crippen LogP contribution in [-0.4, -0.2) is 11.6 Å². The second-order valence-electron chi connectivity index (χ2n) is 6.99. The maximum atomic E-state index is 11.7. The Morgan fingerprint density at radius 2 is 1.37 bits per heavy atom. The van der Waals surface area contributed by atoms with E-state index >= 15 is 0 Å². The average Bonchev–Trinajstić information content (AvgIpc) is 3.42. The summed E-state index contributed by atoms with van der Waals surface area (Å²) in [6.07, 6.45) is 1.39. The molecule has 2 nitrogen and oxygen atoms in total. The third kappa shape index (κ3) is 7.11. The molecule has 0 aliphatic rings.